The number of unbranched alkanes of at least 4 members (excludes halogenated alkanes) is 2. The zero-order valence-corrected chi connectivity index (χ0v) is 8.91. The van der Waals surface area contributed by atoms with Gasteiger partial charge in [-0.3, -0.25) is 0 Å². The van der Waals surface area contributed by atoms with Crippen LogP contribution in [0.5, 0.6) is 0 Å². The zero-order valence-electron chi connectivity index (χ0n) is 8.91. The average Bonchev–Trinajstić information content (AvgIpc) is 2.58. The molecule has 3 heteroatoms. The number of hydrogen-bond donors (Lipinski definition) is 3. The van der Waals surface area contributed by atoms with Gasteiger partial charge in [-0.1, -0.05) is 0 Å². The SMILES string of the molecule is OCCCCCNCC1CCC(O)C1. The molecule has 84 valence electrons. The van der Waals surface area contributed by atoms with E-state index < -0.39 is 0 Å². The van der Waals surface area contributed by atoms with Crippen LogP contribution < -0.4 is 5.32 Å². The van der Waals surface area contributed by atoms with Gasteiger partial charge in [-0.05, 0) is 57.5 Å². The minimum absolute atomic E-state index is 0.0452. The number of aliphatic hydroxyl groups excluding tert-OH is 2. The molecule has 1 aliphatic carbocycles. The van der Waals surface area contributed by atoms with Crippen molar-refractivity contribution in [3.63, 3.8) is 0 Å². The molecule has 14 heavy (non-hydrogen) atoms. The summed E-state index contributed by atoms with van der Waals surface area (Å²) in [6.07, 6.45) is 6.26. The highest BCUT2D eigenvalue weighted by Gasteiger charge is 2.21. The van der Waals surface area contributed by atoms with Crippen LogP contribution in [0.3, 0.4) is 0 Å². The summed E-state index contributed by atoms with van der Waals surface area (Å²) in [5.74, 6) is 0.683. The minimum Gasteiger partial charge on any atom is -0.396 e. The second-order valence-electron chi connectivity index (χ2n) is 4.32. The van der Waals surface area contributed by atoms with Gasteiger partial charge in [0.1, 0.15) is 0 Å². The van der Waals surface area contributed by atoms with E-state index >= 15 is 0 Å². The van der Waals surface area contributed by atoms with Crippen molar-refractivity contribution in [2.75, 3.05) is 19.7 Å². The summed E-state index contributed by atoms with van der Waals surface area (Å²) in [6, 6.07) is 0. The van der Waals surface area contributed by atoms with Crippen molar-refractivity contribution in [1.82, 2.24) is 5.32 Å². The lowest BCUT2D eigenvalue weighted by Gasteiger charge is -2.10. The summed E-state index contributed by atoms with van der Waals surface area (Å²) >= 11 is 0. The van der Waals surface area contributed by atoms with Crippen molar-refractivity contribution in [3.8, 4) is 0 Å². The molecule has 0 bridgehead atoms. The highest BCUT2D eigenvalue weighted by molar-refractivity contribution is 4.75. The van der Waals surface area contributed by atoms with Gasteiger partial charge < -0.3 is 15.5 Å². The quantitative estimate of drug-likeness (QED) is 0.536. The molecule has 0 heterocycles. The number of aliphatic hydroxyl groups is 2. The normalized spacial score (nSPS) is 27.0. The third-order valence-electron chi connectivity index (χ3n) is 2.96. The third-order valence-corrected chi connectivity index (χ3v) is 2.96. The first-order valence-corrected chi connectivity index (χ1v) is 5.82. The van der Waals surface area contributed by atoms with Gasteiger partial charge in [0.25, 0.3) is 0 Å². The summed E-state index contributed by atoms with van der Waals surface area (Å²) in [5.41, 5.74) is 0. The second-order valence-corrected chi connectivity index (χ2v) is 4.32. The van der Waals surface area contributed by atoms with Crippen molar-refractivity contribution in [3.05, 3.63) is 0 Å². The lowest BCUT2D eigenvalue weighted by Crippen LogP contribution is -2.22. The van der Waals surface area contributed by atoms with Gasteiger partial charge in [-0.2, -0.15) is 0 Å². The van der Waals surface area contributed by atoms with Crippen LogP contribution in [0.15, 0.2) is 0 Å². The fraction of sp³-hybridized carbons (Fsp3) is 1.00. The van der Waals surface area contributed by atoms with Crippen LogP contribution in [-0.4, -0.2) is 36.0 Å². The third kappa shape index (κ3) is 4.94. The van der Waals surface area contributed by atoms with Crippen LogP contribution in [0.2, 0.25) is 0 Å². The maximum absolute atomic E-state index is 9.32. The predicted molar refractivity (Wildman–Crippen MR) is 57.2 cm³/mol. The Labute approximate surface area is 86.5 Å². The first-order valence-electron chi connectivity index (χ1n) is 5.82. The molecule has 0 aromatic heterocycles. The van der Waals surface area contributed by atoms with Gasteiger partial charge in [0.15, 0.2) is 0 Å². The van der Waals surface area contributed by atoms with E-state index in [0.29, 0.717) is 12.5 Å². The Balaban J connectivity index is 1.84. The highest BCUT2D eigenvalue weighted by Crippen LogP contribution is 2.24. The van der Waals surface area contributed by atoms with Crippen molar-refractivity contribution in [2.24, 2.45) is 5.92 Å². The minimum atomic E-state index is -0.0452. The van der Waals surface area contributed by atoms with Crippen molar-refractivity contribution in [2.45, 2.75) is 44.6 Å². The van der Waals surface area contributed by atoms with Crippen molar-refractivity contribution >= 4 is 0 Å². The van der Waals surface area contributed by atoms with E-state index in [1.807, 2.05) is 0 Å². The van der Waals surface area contributed by atoms with E-state index in [0.717, 1.165) is 45.2 Å². The molecule has 2 atom stereocenters. The maximum Gasteiger partial charge on any atom is 0.0543 e. The van der Waals surface area contributed by atoms with Gasteiger partial charge in [-0.15, -0.1) is 0 Å². The largest absolute Gasteiger partial charge is 0.396 e. The molecular weight excluding hydrogens is 178 g/mol. The Hall–Kier alpha value is -0.120. The van der Waals surface area contributed by atoms with Crippen LogP contribution in [0, 0.1) is 5.92 Å². The van der Waals surface area contributed by atoms with E-state index in [1.165, 1.54) is 6.42 Å². The molecule has 0 aromatic rings. The number of nitrogens with one attached hydrogen (secondary N) is 1. The molecule has 1 saturated carbocycles. The fourth-order valence-electron chi connectivity index (χ4n) is 2.08. The summed E-state index contributed by atoms with van der Waals surface area (Å²) in [7, 11) is 0. The Morgan fingerprint density at radius 3 is 2.64 bits per heavy atom. The lowest BCUT2D eigenvalue weighted by molar-refractivity contribution is 0.177. The lowest BCUT2D eigenvalue weighted by atomic mass is 10.1. The first-order chi connectivity index (χ1) is 6.83. The molecule has 0 amide bonds. The van der Waals surface area contributed by atoms with E-state index in [4.69, 9.17) is 5.11 Å². The van der Waals surface area contributed by atoms with E-state index in [-0.39, 0.29) is 6.10 Å². The summed E-state index contributed by atoms with van der Waals surface area (Å²) < 4.78 is 0. The molecule has 1 fully saturated rings. The molecule has 0 radical (unpaired) electrons. The standard InChI is InChI=1S/C11H23NO2/c13-7-3-1-2-6-12-9-10-4-5-11(14)8-10/h10-14H,1-9H2. The fourth-order valence-corrected chi connectivity index (χ4v) is 2.08. The van der Waals surface area contributed by atoms with E-state index in [9.17, 15) is 5.11 Å². The van der Waals surface area contributed by atoms with Gasteiger partial charge >= 0.3 is 0 Å². The molecule has 0 aliphatic heterocycles. The van der Waals surface area contributed by atoms with Crippen LogP contribution in [0.4, 0.5) is 0 Å². The molecule has 0 saturated heterocycles. The van der Waals surface area contributed by atoms with Gasteiger partial charge in [0, 0.05) is 6.61 Å². The highest BCUT2D eigenvalue weighted by atomic mass is 16.3. The Kier molecular flexibility index (Phi) is 6.15. The zero-order chi connectivity index (χ0) is 10.2. The molecular formula is C11H23NO2. The Bertz CT molecular complexity index is 141. The first kappa shape index (κ1) is 12.0. The number of rotatable bonds is 7. The monoisotopic (exact) mass is 201 g/mol. The summed E-state index contributed by atoms with van der Waals surface area (Å²) in [5, 5.41) is 21.3. The van der Waals surface area contributed by atoms with Crippen molar-refractivity contribution in [1.29, 1.82) is 0 Å². The predicted octanol–water partition coefficient (Wildman–Crippen LogP) is 0.900. The molecule has 3 nitrogen and oxygen atoms in total. The molecule has 2 unspecified atom stereocenters. The molecule has 0 aromatic carbocycles. The molecule has 1 aliphatic rings. The van der Waals surface area contributed by atoms with Crippen LogP contribution in [0.25, 0.3) is 0 Å². The molecule has 3 N–H and O–H groups in total. The van der Waals surface area contributed by atoms with Crippen LogP contribution in [0.1, 0.15) is 38.5 Å². The summed E-state index contributed by atoms with van der Waals surface area (Å²) in [6.45, 7) is 2.41. The van der Waals surface area contributed by atoms with E-state index in [1.54, 1.807) is 0 Å². The topological polar surface area (TPSA) is 52.5 Å². The molecule has 1 rings (SSSR count). The smallest absolute Gasteiger partial charge is 0.0543 e. The van der Waals surface area contributed by atoms with Gasteiger partial charge in [0.2, 0.25) is 0 Å². The van der Waals surface area contributed by atoms with Gasteiger partial charge in [0.05, 0.1) is 6.10 Å². The van der Waals surface area contributed by atoms with E-state index in [2.05, 4.69) is 5.32 Å². The Morgan fingerprint density at radius 1 is 1.14 bits per heavy atom. The molecule has 0 spiro atoms. The van der Waals surface area contributed by atoms with Crippen molar-refractivity contribution < 1.29 is 10.2 Å². The second kappa shape index (κ2) is 7.21. The average molecular weight is 201 g/mol. The van der Waals surface area contributed by atoms with Crippen LogP contribution >= 0.6 is 0 Å². The van der Waals surface area contributed by atoms with Gasteiger partial charge in [-0.25, -0.2) is 0 Å². The number of hydrogen-bond acceptors (Lipinski definition) is 3. The maximum atomic E-state index is 9.32. The Morgan fingerprint density at radius 2 is 2.00 bits per heavy atom. The van der Waals surface area contributed by atoms with Crippen LogP contribution in [-0.2, 0) is 0 Å². The summed E-state index contributed by atoms with van der Waals surface area (Å²) in [4.78, 5) is 0.